The van der Waals surface area contributed by atoms with Gasteiger partial charge in [0.15, 0.2) is 0 Å². The van der Waals surface area contributed by atoms with Gasteiger partial charge < -0.3 is 10.6 Å². The molecular formula is C15H25N3. The molecule has 2 heterocycles. The summed E-state index contributed by atoms with van der Waals surface area (Å²) in [5, 5.41) is 0. The van der Waals surface area contributed by atoms with Crippen LogP contribution in [0.15, 0.2) is 18.3 Å². The van der Waals surface area contributed by atoms with Crippen molar-refractivity contribution in [3.63, 3.8) is 0 Å². The smallest absolute Gasteiger partial charge is 0.0569 e. The summed E-state index contributed by atoms with van der Waals surface area (Å²) in [7, 11) is 0. The standard InChI is InChI=1S/C15H25N3/c1-12(16)14-6-5-13(11-17-14)18-9-4-7-15(2,3)8-10-18/h5-6,11-12H,4,7-10,16H2,1-3H3/t12-/m1/s1. The summed E-state index contributed by atoms with van der Waals surface area (Å²) in [6.07, 6.45) is 5.80. The van der Waals surface area contributed by atoms with Gasteiger partial charge in [0.2, 0.25) is 0 Å². The zero-order chi connectivity index (χ0) is 13.2. The van der Waals surface area contributed by atoms with Crippen molar-refractivity contribution in [2.24, 2.45) is 11.1 Å². The van der Waals surface area contributed by atoms with Crippen LogP contribution in [0.1, 0.15) is 51.8 Å². The van der Waals surface area contributed by atoms with E-state index in [2.05, 4.69) is 35.9 Å². The van der Waals surface area contributed by atoms with Gasteiger partial charge in [-0.25, -0.2) is 0 Å². The molecule has 2 rings (SSSR count). The Bertz CT molecular complexity index is 381. The van der Waals surface area contributed by atoms with Crippen molar-refractivity contribution < 1.29 is 0 Å². The van der Waals surface area contributed by atoms with Gasteiger partial charge in [-0.1, -0.05) is 13.8 Å². The summed E-state index contributed by atoms with van der Waals surface area (Å²) >= 11 is 0. The minimum atomic E-state index is 0.0158. The van der Waals surface area contributed by atoms with Gasteiger partial charge >= 0.3 is 0 Å². The second-order valence-electron chi connectivity index (χ2n) is 6.23. The molecule has 2 N–H and O–H groups in total. The normalized spacial score (nSPS) is 21.4. The fourth-order valence-electron chi connectivity index (χ4n) is 2.54. The molecule has 1 atom stereocenters. The highest BCUT2D eigenvalue weighted by Gasteiger charge is 2.23. The summed E-state index contributed by atoms with van der Waals surface area (Å²) in [5.74, 6) is 0. The molecule has 1 saturated heterocycles. The summed E-state index contributed by atoms with van der Waals surface area (Å²) in [5.41, 5.74) is 8.51. The topological polar surface area (TPSA) is 42.1 Å². The Balaban J connectivity index is 2.07. The van der Waals surface area contributed by atoms with Gasteiger partial charge in [-0.2, -0.15) is 0 Å². The zero-order valence-electron chi connectivity index (χ0n) is 11.8. The van der Waals surface area contributed by atoms with Crippen molar-refractivity contribution in [2.75, 3.05) is 18.0 Å². The van der Waals surface area contributed by atoms with Crippen LogP contribution in [-0.4, -0.2) is 18.1 Å². The molecular weight excluding hydrogens is 222 g/mol. The van der Waals surface area contributed by atoms with E-state index in [4.69, 9.17) is 5.73 Å². The van der Waals surface area contributed by atoms with E-state index in [1.54, 1.807) is 0 Å². The molecule has 0 amide bonds. The van der Waals surface area contributed by atoms with Crippen molar-refractivity contribution in [1.29, 1.82) is 0 Å². The van der Waals surface area contributed by atoms with Crippen LogP contribution < -0.4 is 10.6 Å². The van der Waals surface area contributed by atoms with Gasteiger partial charge in [-0.3, -0.25) is 4.98 Å². The van der Waals surface area contributed by atoms with E-state index in [1.807, 2.05) is 13.1 Å². The molecule has 1 fully saturated rings. The van der Waals surface area contributed by atoms with E-state index >= 15 is 0 Å². The van der Waals surface area contributed by atoms with E-state index in [-0.39, 0.29) is 6.04 Å². The maximum absolute atomic E-state index is 5.83. The molecule has 0 aliphatic carbocycles. The van der Waals surface area contributed by atoms with Crippen molar-refractivity contribution >= 4 is 5.69 Å². The third-order valence-corrected chi connectivity index (χ3v) is 3.94. The fraction of sp³-hybridized carbons (Fsp3) is 0.667. The minimum Gasteiger partial charge on any atom is -0.370 e. The number of nitrogens with zero attached hydrogens (tertiary/aromatic N) is 2. The molecule has 0 bridgehead atoms. The SMILES string of the molecule is C[C@@H](N)c1ccc(N2CCCC(C)(C)CC2)cn1. The molecule has 18 heavy (non-hydrogen) atoms. The number of hydrogen-bond donors (Lipinski definition) is 1. The highest BCUT2D eigenvalue weighted by atomic mass is 15.1. The molecule has 0 spiro atoms. The Kier molecular flexibility index (Phi) is 3.91. The Morgan fingerprint density at radius 1 is 1.28 bits per heavy atom. The van der Waals surface area contributed by atoms with Crippen LogP contribution in [0.4, 0.5) is 5.69 Å². The van der Waals surface area contributed by atoms with Crippen LogP contribution in [0.25, 0.3) is 0 Å². The molecule has 0 radical (unpaired) electrons. The lowest BCUT2D eigenvalue weighted by Crippen LogP contribution is -2.25. The van der Waals surface area contributed by atoms with Gasteiger partial charge in [-0.15, -0.1) is 0 Å². The monoisotopic (exact) mass is 247 g/mol. The number of aromatic nitrogens is 1. The van der Waals surface area contributed by atoms with Gasteiger partial charge in [0.25, 0.3) is 0 Å². The number of hydrogen-bond acceptors (Lipinski definition) is 3. The lowest BCUT2D eigenvalue weighted by molar-refractivity contribution is 0.325. The van der Waals surface area contributed by atoms with Crippen LogP contribution in [-0.2, 0) is 0 Å². The molecule has 1 aliphatic rings. The van der Waals surface area contributed by atoms with E-state index in [1.165, 1.54) is 24.9 Å². The average Bonchev–Trinajstić information content (AvgIpc) is 2.50. The molecule has 0 saturated carbocycles. The van der Waals surface area contributed by atoms with Crippen molar-refractivity contribution in [2.45, 2.75) is 46.1 Å². The highest BCUT2D eigenvalue weighted by molar-refractivity contribution is 5.45. The Morgan fingerprint density at radius 3 is 2.67 bits per heavy atom. The maximum Gasteiger partial charge on any atom is 0.0569 e. The Morgan fingerprint density at radius 2 is 2.06 bits per heavy atom. The first-order valence-corrected chi connectivity index (χ1v) is 6.94. The minimum absolute atomic E-state index is 0.0158. The first-order valence-electron chi connectivity index (χ1n) is 6.94. The molecule has 3 nitrogen and oxygen atoms in total. The van der Waals surface area contributed by atoms with Crippen LogP contribution in [0.2, 0.25) is 0 Å². The predicted octanol–water partition coefficient (Wildman–Crippen LogP) is 3.12. The van der Waals surface area contributed by atoms with Crippen molar-refractivity contribution in [3.8, 4) is 0 Å². The van der Waals surface area contributed by atoms with Crippen LogP contribution in [0.5, 0.6) is 0 Å². The largest absolute Gasteiger partial charge is 0.370 e. The maximum atomic E-state index is 5.83. The number of pyridine rings is 1. The lowest BCUT2D eigenvalue weighted by atomic mass is 9.85. The second kappa shape index (κ2) is 5.27. The third kappa shape index (κ3) is 3.22. The molecule has 1 aromatic heterocycles. The van der Waals surface area contributed by atoms with Gasteiger partial charge in [0, 0.05) is 19.1 Å². The van der Waals surface area contributed by atoms with Gasteiger partial charge in [0.05, 0.1) is 17.6 Å². The fourth-order valence-corrected chi connectivity index (χ4v) is 2.54. The zero-order valence-corrected chi connectivity index (χ0v) is 11.8. The summed E-state index contributed by atoms with van der Waals surface area (Å²) in [6.45, 7) is 8.98. The van der Waals surface area contributed by atoms with E-state index in [9.17, 15) is 0 Å². The van der Waals surface area contributed by atoms with Gasteiger partial charge in [0.1, 0.15) is 0 Å². The quantitative estimate of drug-likeness (QED) is 0.873. The van der Waals surface area contributed by atoms with E-state index < -0.39 is 0 Å². The Labute approximate surface area is 110 Å². The summed E-state index contributed by atoms with van der Waals surface area (Å²) < 4.78 is 0. The molecule has 0 aromatic carbocycles. The van der Waals surface area contributed by atoms with Crippen molar-refractivity contribution in [1.82, 2.24) is 4.98 Å². The highest BCUT2D eigenvalue weighted by Crippen LogP contribution is 2.31. The van der Waals surface area contributed by atoms with Gasteiger partial charge in [-0.05, 0) is 43.7 Å². The average molecular weight is 247 g/mol. The first-order chi connectivity index (χ1) is 8.48. The number of rotatable bonds is 2. The molecule has 0 unspecified atom stereocenters. The van der Waals surface area contributed by atoms with E-state index in [0.717, 1.165) is 18.8 Å². The second-order valence-corrected chi connectivity index (χ2v) is 6.23. The Hall–Kier alpha value is -1.09. The van der Waals surface area contributed by atoms with Crippen LogP contribution in [0.3, 0.4) is 0 Å². The van der Waals surface area contributed by atoms with Crippen molar-refractivity contribution in [3.05, 3.63) is 24.0 Å². The molecule has 100 valence electrons. The molecule has 3 heteroatoms. The number of anilines is 1. The summed E-state index contributed by atoms with van der Waals surface area (Å²) in [4.78, 5) is 6.90. The lowest BCUT2D eigenvalue weighted by Gasteiger charge is -2.24. The summed E-state index contributed by atoms with van der Waals surface area (Å²) in [6, 6.07) is 4.22. The first kappa shape index (κ1) is 13.3. The molecule has 1 aromatic rings. The third-order valence-electron chi connectivity index (χ3n) is 3.94. The van der Waals surface area contributed by atoms with Crippen LogP contribution in [0, 0.1) is 5.41 Å². The molecule has 1 aliphatic heterocycles. The number of nitrogens with two attached hydrogens (primary N) is 1. The van der Waals surface area contributed by atoms with E-state index in [0.29, 0.717) is 5.41 Å². The van der Waals surface area contributed by atoms with Crippen LogP contribution >= 0.6 is 0 Å². The predicted molar refractivity (Wildman–Crippen MR) is 76.7 cm³/mol.